The van der Waals surface area contributed by atoms with Gasteiger partial charge < -0.3 is 0 Å². The van der Waals surface area contributed by atoms with Gasteiger partial charge in [0, 0.05) is 5.57 Å². The van der Waals surface area contributed by atoms with Gasteiger partial charge in [0.1, 0.15) is 5.82 Å². The van der Waals surface area contributed by atoms with Gasteiger partial charge in [-0.15, -0.1) is 12.8 Å². The minimum Gasteiger partial charge on any atom is -0.205 e. The molecule has 0 aromatic heterocycles. The first-order valence-electron chi connectivity index (χ1n) is 7.12. The van der Waals surface area contributed by atoms with Gasteiger partial charge >= 0.3 is 0 Å². The van der Waals surface area contributed by atoms with Crippen molar-refractivity contribution < 1.29 is 4.39 Å². The summed E-state index contributed by atoms with van der Waals surface area (Å²) in [7, 11) is 0. The molecule has 2 heteroatoms. The number of rotatable bonds is 4. The zero-order chi connectivity index (χ0) is 17.8. The highest BCUT2D eigenvalue weighted by atomic mass is 35.5. The smallest absolute Gasteiger partial charge is 0.141 e. The number of benzene rings is 1. The van der Waals surface area contributed by atoms with Gasteiger partial charge in [-0.05, 0) is 62.6 Å². The topological polar surface area (TPSA) is 0 Å². The first-order valence-corrected chi connectivity index (χ1v) is 7.50. The molecule has 0 nitrogen and oxygen atoms in total. The Kier molecular flexibility index (Phi) is 6.03. The molecule has 0 spiro atoms. The van der Waals surface area contributed by atoms with E-state index in [1.807, 2.05) is 33.8 Å². The molecule has 0 unspecified atom stereocenters. The molecule has 0 atom stereocenters. The first-order chi connectivity index (χ1) is 10.6. The molecular formula is C21H20ClF. The lowest BCUT2D eigenvalue weighted by Crippen LogP contribution is -2.12. The van der Waals surface area contributed by atoms with Crippen molar-refractivity contribution in [1.82, 2.24) is 0 Å². The average molecular weight is 327 g/mol. The van der Waals surface area contributed by atoms with E-state index >= 15 is 0 Å². The molecule has 0 amide bonds. The Bertz CT molecular complexity index is 773. The number of hydrogen-bond donors (Lipinski definition) is 0. The maximum Gasteiger partial charge on any atom is 0.141 e. The quantitative estimate of drug-likeness (QED) is 0.467. The second kappa shape index (κ2) is 7.36. The van der Waals surface area contributed by atoms with Crippen LogP contribution in [-0.4, -0.2) is 0 Å². The van der Waals surface area contributed by atoms with Crippen LogP contribution in [0.5, 0.6) is 0 Å². The molecule has 118 valence electrons. The minimum absolute atomic E-state index is 0.0692. The summed E-state index contributed by atoms with van der Waals surface area (Å²) in [6.07, 6.45) is 13.1. The van der Waals surface area contributed by atoms with Crippen molar-refractivity contribution in [3.05, 3.63) is 64.0 Å². The predicted molar refractivity (Wildman–Crippen MR) is 98.3 cm³/mol. The van der Waals surface area contributed by atoms with Crippen LogP contribution >= 0.6 is 11.6 Å². The van der Waals surface area contributed by atoms with Gasteiger partial charge in [0.05, 0.1) is 10.4 Å². The van der Waals surface area contributed by atoms with E-state index < -0.39 is 11.2 Å². The Morgan fingerprint density at radius 3 is 2.35 bits per heavy atom. The van der Waals surface area contributed by atoms with E-state index in [4.69, 9.17) is 24.4 Å². The van der Waals surface area contributed by atoms with Crippen molar-refractivity contribution in [3.8, 4) is 24.7 Å². The fraction of sp³-hybridized carbons (Fsp3) is 0.238. The van der Waals surface area contributed by atoms with Gasteiger partial charge in [-0.2, -0.15) is 0 Å². The van der Waals surface area contributed by atoms with E-state index in [0.29, 0.717) is 11.1 Å². The Morgan fingerprint density at radius 1 is 1.30 bits per heavy atom. The van der Waals surface area contributed by atoms with Crippen molar-refractivity contribution in [2.75, 3.05) is 0 Å². The van der Waals surface area contributed by atoms with Crippen LogP contribution < -0.4 is 0 Å². The van der Waals surface area contributed by atoms with E-state index in [2.05, 4.69) is 18.4 Å². The van der Waals surface area contributed by atoms with Crippen LogP contribution in [0.25, 0.3) is 5.57 Å². The fourth-order valence-electron chi connectivity index (χ4n) is 1.96. The van der Waals surface area contributed by atoms with Gasteiger partial charge in [-0.25, -0.2) is 4.39 Å². The lowest BCUT2D eigenvalue weighted by Gasteiger charge is -2.21. The van der Waals surface area contributed by atoms with Crippen LogP contribution in [0.3, 0.4) is 0 Å². The van der Waals surface area contributed by atoms with Gasteiger partial charge in [0.2, 0.25) is 0 Å². The van der Waals surface area contributed by atoms with Crippen LogP contribution in [0, 0.1) is 35.9 Å². The molecule has 1 aromatic carbocycles. The maximum absolute atomic E-state index is 13.4. The van der Waals surface area contributed by atoms with E-state index in [9.17, 15) is 4.39 Å². The molecule has 0 radical (unpaired) electrons. The third kappa shape index (κ3) is 4.38. The lowest BCUT2D eigenvalue weighted by molar-refractivity contribution is 0.621. The molecule has 0 aliphatic heterocycles. The molecule has 0 bridgehead atoms. The average Bonchev–Trinajstić information content (AvgIpc) is 2.50. The van der Waals surface area contributed by atoms with Crippen molar-refractivity contribution in [2.24, 2.45) is 5.41 Å². The Hall–Kier alpha value is -2.22. The highest BCUT2D eigenvalue weighted by Gasteiger charge is 2.21. The molecule has 0 N–H and O–H groups in total. The Balaban J connectivity index is 3.46. The summed E-state index contributed by atoms with van der Waals surface area (Å²) in [6, 6.07) is 4.59. The molecule has 0 saturated carbocycles. The Morgan fingerprint density at radius 2 is 1.91 bits per heavy atom. The fourth-order valence-corrected chi connectivity index (χ4v) is 2.14. The largest absolute Gasteiger partial charge is 0.205 e. The third-order valence-corrected chi connectivity index (χ3v) is 3.94. The predicted octanol–water partition coefficient (Wildman–Crippen LogP) is 6.05. The zero-order valence-corrected chi connectivity index (χ0v) is 14.7. The number of terminal acetylenes is 2. The number of halogens is 2. The van der Waals surface area contributed by atoms with E-state index in [0.717, 1.165) is 16.7 Å². The summed E-state index contributed by atoms with van der Waals surface area (Å²) < 4.78 is 13.4. The van der Waals surface area contributed by atoms with E-state index in [-0.39, 0.29) is 5.02 Å². The molecule has 0 fully saturated rings. The Labute approximate surface area is 143 Å². The van der Waals surface area contributed by atoms with Gasteiger partial charge in [0.25, 0.3) is 0 Å². The number of hydrogen-bond acceptors (Lipinski definition) is 0. The van der Waals surface area contributed by atoms with Crippen molar-refractivity contribution in [3.63, 3.8) is 0 Å². The maximum atomic E-state index is 13.4. The highest BCUT2D eigenvalue weighted by molar-refractivity contribution is 6.30. The SMILES string of the molecule is C#C/C(=C\C(=C(C)C)c1ccc(F)c(Cl)c1)C(=C)C(C)(C)C#C. The molecule has 23 heavy (non-hydrogen) atoms. The summed E-state index contributed by atoms with van der Waals surface area (Å²) in [5.41, 5.74) is 3.43. The van der Waals surface area contributed by atoms with Crippen LogP contribution in [0.2, 0.25) is 5.02 Å². The standard InChI is InChI=1S/C21H20ClF/c1-8-16(15(5)21(6,7)9-2)12-18(14(3)4)17-10-11-20(23)19(22)13-17/h1-2,10-13H,5H2,3-4,6-7H3/b16-12+. The van der Waals surface area contributed by atoms with Gasteiger partial charge in [-0.1, -0.05) is 41.7 Å². The van der Waals surface area contributed by atoms with Crippen LogP contribution in [0.4, 0.5) is 4.39 Å². The molecule has 0 heterocycles. The second-order valence-corrected chi connectivity index (χ2v) is 6.40. The summed E-state index contributed by atoms with van der Waals surface area (Å²) in [5.74, 6) is 4.88. The summed E-state index contributed by atoms with van der Waals surface area (Å²) >= 11 is 5.89. The van der Waals surface area contributed by atoms with Crippen molar-refractivity contribution in [2.45, 2.75) is 27.7 Å². The monoisotopic (exact) mass is 326 g/mol. The lowest BCUT2D eigenvalue weighted by atomic mass is 9.81. The molecule has 0 aliphatic rings. The molecule has 0 aliphatic carbocycles. The molecule has 1 aromatic rings. The molecule has 0 saturated heterocycles. The normalized spacial score (nSPS) is 11.4. The first kappa shape index (κ1) is 18.8. The minimum atomic E-state index is -0.550. The molecule has 1 rings (SSSR count). The van der Waals surface area contributed by atoms with Gasteiger partial charge in [0.15, 0.2) is 0 Å². The van der Waals surface area contributed by atoms with E-state index in [1.165, 1.54) is 6.07 Å². The van der Waals surface area contributed by atoms with Crippen molar-refractivity contribution in [1.29, 1.82) is 0 Å². The highest BCUT2D eigenvalue weighted by Crippen LogP contribution is 2.32. The van der Waals surface area contributed by atoms with Crippen LogP contribution in [-0.2, 0) is 0 Å². The van der Waals surface area contributed by atoms with Crippen LogP contribution in [0.1, 0.15) is 33.3 Å². The van der Waals surface area contributed by atoms with Gasteiger partial charge in [-0.3, -0.25) is 0 Å². The second-order valence-electron chi connectivity index (χ2n) is 5.99. The summed E-state index contributed by atoms with van der Waals surface area (Å²) in [5, 5.41) is 0.0692. The third-order valence-electron chi connectivity index (χ3n) is 3.65. The number of allylic oxidation sites excluding steroid dienone is 5. The van der Waals surface area contributed by atoms with Crippen LogP contribution in [0.15, 0.2) is 47.6 Å². The molecular weight excluding hydrogens is 307 g/mol. The zero-order valence-electron chi connectivity index (χ0n) is 13.9. The van der Waals surface area contributed by atoms with E-state index in [1.54, 1.807) is 12.1 Å². The summed E-state index contributed by atoms with van der Waals surface area (Å²) in [6.45, 7) is 11.7. The summed E-state index contributed by atoms with van der Waals surface area (Å²) in [4.78, 5) is 0. The van der Waals surface area contributed by atoms with Crippen molar-refractivity contribution >= 4 is 17.2 Å².